The number of nitrogens with zero attached hydrogens (tertiary/aromatic N) is 3. The zero-order chi connectivity index (χ0) is 20.9. The first-order valence-corrected chi connectivity index (χ1v) is 10.8. The van der Waals surface area contributed by atoms with E-state index in [0.29, 0.717) is 6.54 Å². The van der Waals surface area contributed by atoms with Crippen molar-refractivity contribution in [1.29, 1.82) is 0 Å². The molecule has 0 unspecified atom stereocenters. The van der Waals surface area contributed by atoms with Crippen LogP contribution in [0.1, 0.15) is 23.4 Å². The molecule has 30 heavy (non-hydrogen) atoms. The van der Waals surface area contributed by atoms with E-state index in [0.717, 1.165) is 55.3 Å². The van der Waals surface area contributed by atoms with E-state index in [2.05, 4.69) is 46.1 Å². The first-order chi connectivity index (χ1) is 14.6. The van der Waals surface area contributed by atoms with Gasteiger partial charge in [0.2, 0.25) is 0 Å². The lowest BCUT2D eigenvalue weighted by molar-refractivity contribution is -0.00616. The fourth-order valence-corrected chi connectivity index (χ4v) is 4.36. The standard InChI is InChI=1S/C25H31N3O2/c1-19-10-11-25(30-19)22-9-4-3-7-20(22)17-28-16-13-23(24(29)18-28)27(2)15-12-21-8-5-6-14-26-21/h3-11,14,23-24,29H,12-13,15-18H2,1-2H3/t23-,24-/m1/s1. The molecular weight excluding hydrogens is 374 g/mol. The number of aromatic nitrogens is 1. The maximum absolute atomic E-state index is 10.9. The Bertz CT molecular complexity index is 940. The number of benzene rings is 1. The molecular formula is C25H31N3O2. The van der Waals surface area contributed by atoms with Crippen molar-refractivity contribution in [2.24, 2.45) is 0 Å². The van der Waals surface area contributed by atoms with Crippen LogP contribution in [0, 0.1) is 6.92 Å². The van der Waals surface area contributed by atoms with Gasteiger partial charge in [-0.15, -0.1) is 0 Å². The summed E-state index contributed by atoms with van der Waals surface area (Å²) in [4.78, 5) is 9.04. The van der Waals surface area contributed by atoms with Gasteiger partial charge in [0.05, 0.1) is 6.10 Å². The second-order valence-electron chi connectivity index (χ2n) is 8.28. The van der Waals surface area contributed by atoms with E-state index in [1.54, 1.807) is 0 Å². The van der Waals surface area contributed by atoms with E-state index in [1.807, 2.05) is 43.5 Å². The van der Waals surface area contributed by atoms with E-state index in [4.69, 9.17) is 4.42 Å². The van der Waals surface area contributed by atoms with Crippen LogP contribution in [0.25, 0.3) is 11.3 Å². The maximum atomic E-state index is 10.9. The monoisotopic (exact) mass is 405 g/mol. The summed E-state index contributed by atoms with van der Waals surface area (Å²) in [5, 5.41) is 10.9. The molecule has 4 rings (SSSR count). The molecule has 5 heteroatoms. The van der Waals surface area contributed by atoms with Crippen LogP contribution in [-0.4, -0.2) is 58.7 Å². The van der Waals surface area contributed by atoms with Gasteiger partial charge in [0.25, 0.3) is 0 Å². The smallest absolute Gasteiger partial charge is 0.134 e. The number of aliphatic hydroxyl groups is 1. The van der Waals surface area contributed by atoms with Gasteiger partial charge in [0, 0.05) is 56.1 Å². The van der Waals surface area contributed by atoms with Gasteiger partial charge in [-0.05, 0) is 50.2 Å². The van der Waals surface area contributed by atoms with Gasteiger partial charge in [0.1, 0.15) is 11.5 Å². The third kappa shape index (κ3) is 4.98. The highest BCUT2D eigenvalue weighted by Gasteiger charge is 2.30. The summed E-state index contributed by atoms with van der Waals surface area (Å²) in [5.74, 6) is 1.83. The molecule has 1 aromatic carbocycles. The molecule has 1 N–H and O–H groups in total. The van der Waals surface area contributed by atoms with Gasteiger partial charge in [-0.1, -0.05) is 30.3 Å². The number of aryl methyl sites for hydroxylation is 1. The van der Waals surface area contributed by atoms with Crippen molar-refractivity contribution in [3.63, 3.8) is 0 Å². The average Bonchev–Trinajstić information content (AvgIpc) is 3.19. The summed E-state index contributed by atoms with van der Waals surface area (Å²) < 4.78 is 5.85. The molecule has 1 fully saturated rings. The Morgan fingerprint density at radius 3 is 2.70 bits per heavy atom. The highest BCUT2D eigenvalue weighted by Crippen LogP contribution is 2.28. The Kier molecular flexibility index (Phi) is 6.62. The van der Waals surface area contributed by atoms with Crippen LogP contribution < -0.4 is 0 Å². The second-order valence-corrected chi connectivity index (χ2v) is 8.28. The number of likely N-dealkylation sites (N-methyl/N-ethyl adjacent to an activating group) is 1. The highest BCUT2D eigenvalue weighted by molar-refractivity contribution is 5.62. The largest absolute Gasteiger partial charge is 0.461 e. The molecule has 3 heterocycles. The number of hydrogen-bond donors (Lipinski definition) is 1. The van der Waals surface area contributed by atoms with Crippen LogP contribution in [-0.2, 0) is 13.0 Å². The molecule has 0 spiro atoms. The molecule has 0 radical (unpaired) electrons. The molecule has 0 amide bonds. The van der Waals surface area contributed by atoms with Crippen LogP contribution in [0.3, 0.4) is 0 Å². The lowest BCUT2D eigenvalue weighted by Gasteiger charge is -2.40. The Morgan fingerprint density at radius 2 is 1.97 bits per heavy atom. The molecule has 158 valence electrons. The number of pyridine rings is 1. The molecule has 2 aromatic heterocycles. The number of furan rings is 1. The fourth-order valence-electron chi connectivity index (χ4n) is 4.36. The fraction of sp³-hybridized carbons (Fsp3) is 0.400. The van der Waals surface area contributed by atoms with Gasteiger partial charge in [-0.2, -0.15) is 0 Å². The lowest BCUT2D eigenvalue weighted by atomic mass is 9.98. The van der Waals surface area contributed by atoms with Crippen molar-refractivity contribution < 1.29 is 9.52 Å². The quantitative estimate of drug-likeness (QED) is 0.649. The van der Waals surface area contributed by atoms with Crippen LogP contribution >= 0.6 is 0 Å². The van der Waals surface area contributed by atoms with Crippen LogP contribution in [0.5, 0.6) is 0 Å². The summed E-state index contributed by atoms with van der Waals surface area (Å²) in [6, 6.07) is 18.6. The van der Waals surface area contributed by atoms with Crippen LogP contribution in [0.15, 0.2) is 65.2 Å². The normalized spacial score (nSPS) is 20.0. The topological polar surface area (TPSA) is 52.7 Å². The second kappa shape index (κ2) is 9.56. The first-order valence-electron chi connectivity index (χ1n) is 10.8. The predicted molar refractivity (Wildman–Crippen MR) is 119 cm³/mol. The zero-order valence-corrected chi connectivity index (χ0v) is 17.9. The third-order valence-electron chi connectivity index (χ3n) is 6.06. The van der Waals surface area contributed by atoms with E-state index in [-0.39, 0.29) is 12.1 Å². The number of β-amino-alcohol motifs (C(OH)–C–C–N with tert-alkyl or cyclic N) is 1. The zero-order valence-electron chi connectivity index (χ0n) is 17.9. The minimum atomic E-state index is -0.356. The molecule has 0 saturated carbocycles. The SMILES string of the molecule is Cc1ccc(-c2ccccc2CN2CC[C@@H](N(C)CCc3ccccn3)[C@H](O)C2)o1. The van der Waals surface area contributed by atoms with Gasteiger partial charge in [-0.3, -0.25) is 9.88 Å². The van der Waals surface area contributed by atoms with Gasteiger partial charge < -0.3 is 14.4 Å². The van der Waals surface area contributed by atoms with Gasteiger partial charge >= 0.3 is 0 Å². The molecule has 2 atom stereocenters. The van der Waals surface area contributed by atoms with E-state index in [9.17, 15) is 5.11 Å². The molecule has 3 aromatic rings. The number of piperidine rings is 1. The van der Waals surface area contributed by atoms with Gasteiger partial charge in [0.15, 0.2) is 0 Å². The number of aliphatic hydroxyl groups excluding tert-OH is 1. The van der Waals surface area contributed by atoms with E-state index < -0.39 is 0 Å². The Morgan fingerprint density at radius 1 is 1.13 bits per heavy atom. The Balaban J connectivity index is 1.35. The first kappa shape index (κ1) is 20.8. The van der Waals surface area contributed by atoms with Crippen LogP contribution in [0.2, 0.25) is 0 Å². The minimum absolute atomic E-state index is 0.188. The van der Waals surface area contributed by atoms with Crippen molar-refractivity contribution in [2.45, 2.75) is 38.5 Å². The molecule has 1 aliphatic heterocycles. The molecule has 0 aliphatic carbocycles. The van der Waals surface area contributed by atoms with E-state index in [1.165, 1.54) is 5.56 Å². The summed E-state index contributed by atoms with van der Waals surface area (Å²) in [6.45, 7) is 5.35. The van der Waals surface area contributed by atoms with Crippen molar-refractivity contribution >= 4 is 0 Å². The van der Waals surface area contributed by atoms with Crippen molar-refractivity contribution in [1.82, 2.24) is 14.8 Å². The Hall–Kier alpha value is -2.47. The average molecular weight is 406 g/mol. The predicted octanol–water partition coefficient (Wildman–Crippen LogP) is 3.76. The minimum Gasteiger partial charge on any atom is -0.461 e. The summed E-state index contributed by atoms with van der Waals surface area (Å²) in [7, 11) is 2.11. The summed E-state index contributed by atoms with van der Waals surface area (Å²) in [5.41, 5.74) is 3.47. The van der Waals surface area contributed by atoms with E-state index >= 15 is 0 Å². The summed E-state index contributed by atoms with van der Waals surface area (Å²) in [6.07, 6.45) is 3.35. The van der Waals surface area contributed by atoms with Crippen molar-refractivity contribution in [2.75, 3.05) is 26.7 Å². The van der Waals surface area contributed by atoms with Crippen molar-refractivity contribution in [3.8, 4) is 11.3 Å². The number of rotatable bonds is 7. The number of likely N-dealkylation sites (tertiary alicyclic amines) is 1. The molecule has 1 aliphatic rings. The highest BCUT2D eigenvalue weighted by atomic mass is 16.3. The van der Waals surface area contributed by atoms with Gasteiger partial charge in [-0.25, -0.2) is 0 Å². The van der Waals surface area contributed by atoms with Crippen LogP contribution in [0.4, 0.5) is 0 Å². The number of hydrogen-bond acceptors (Lipinski definition) is 5. The maximum Gasteiger partial charge on any atom is 0.134 e. The lowest BCUT2D eigenvalue weighted by Crippen LogP contribution is -2.53. The summed E-state index contributed by atoms with van der Waals surface area (Å²) >= 11 is 0. The van der Waals surface area contributed by atoms with Crippen molar-refractivity contribution in [3.05, 3.63) is 77.8 Å². The Labute approximate surface area is 179 Å². The molecule has 5 nitrogen and oxygen atoms in total. The third-order valence-corrected chi connectivity index (χ3v) is 6.06. The molecule has 0 bridgehead atoms. The molecule has 1 saturated heterocycles.